The largest absolute Gasteiger partial charge is 0.504 e. The van der Waals surface area contributed by atoms with Crippen LogP contribution >= 0.6 is 23.4 Å². The topological polar surface area (TPSA) is 54.4 Å². The molecule has 1 N–H and O–H groups in total. The van der Waals surface area contributed by atoms with Gasteiger partial charge in [-0.2, -0.15) is 0 Å². The van der Waals surface area contributed by atoms with Gasteiger partial charge in [0.25, 0.3) is 0 Å². The fourth-order valence-electron chi connectivity index (χ4n) is 1.24. The number of ketones is 2. The number of rotatable bonds is 2. The molecule has 0 bridgehead atoms. The van der Waals surface area contributed by atoms with Crippen LogP contribution in [0.15, 0.2) is 52.0 Å². The predicted molar refractivity (Wildman–Crippen MR) is 66.1 cm³/mol. The Morgan fingerprint density at radius 3 is 2.29 bits per heavy atom. The van der Waals surface area contributed by atoms with E-state index in [1.54, 1.807) is 24.3 Å². The van der Waals surface area contributed by atoms with E-state index in [0.717, 1.165) is 28.8 Å². The number of hydrogen-bond acceptors (Lipinski definition) is 4. The van der Waals surface area contributed by atoms with Crippen LogP contribution in [0.5, 0.6) is 0 Å². The highest BCUT2D eigenvalue weighted by Gasteiger charge is 2.20. The molecule has 0 saturated heterocycles. The van der Waals surface area contributed by atoms with E-state index >= 15 is 0 Å². The molecule has 0 aromatic heterocycles. The number of aliphatic hydroxyl groups excluding tert-OH is 1. The number of carbonyl (C=O) groups excluding carboxylic acids is 2. The van der Waals surface area contributed by atoms with Crippen molar-refractivity contribution < 1.29 is 14.7 Å². The van der Waals surface area contributed by atoms with E-state index < -0.39 is 11.5 Å². The van der Waals surface area contributed by atoms with Crippen molar-refractivity contribution in [3.63, 3.8) is 0 Å². The lowest BCUT2D eigenvalue weighted by Crippen LogP contribution is -2.10. The van der Waals surface area contributed by atoms with Crippen molar-refractivity contribution in [1.82, 2.24) is 0 Å². The van der Waals surface area contributed by atoms with E-state index in [1.807, 2.05) is 0 Å². The van der Waals surface area contributed by atoms with Gasteiger partial charge in [0.15, 0.2) is 11.5 Å². The summed E-state index contributed by atoms with van der Waals surface area (Å²) in [4.78, 5) is 23.8. The zero-order chi connectivity index (χ0) is 12.4. The Labute approximate surface area is 107 Å². The van der Waals surface area contributed by atoms with Crippen molar-refractivity contribution in [2.75, 3.05) is 0 Å². The van der Waals surface area contributed by atoms with E-state index in [9.17, 15) is 9.59 Å². The maximum absolute atomic E-state index is 11.5. The summed E-state index contributed by atoms with van der Waals surface area (Å²) in [6.45, 7) is 0. The molecule has 1 aromatic rings. The molecule has 0 spiro atoms. The van der Waals surface area contributed by atoms with Gasteiger partial charge in [-0.3, -0.25) is 9.59 Å². The number of benzene rings is 1. The second kappa shape index (κ2) is 4.77. The van der Waals surface area contributed by atoms with Crippen LogP contribution in [-0.2, 0) is 9.59 Å². The minimum atomic E-state index is -0.555. The molecule has 0 atom stereocenters. The van der Waals surface area contributed by atoms with Gasteiger partial charge in [0.05, 0.1) is 4.91 Å². The minimum absolute atomic E-state index is 0.287. The molecular formula is C12H7ClO3S. The summed E-state index contributed by atoms with van der Waals surface area (Å²) in [6, 6.07) is 6.91. The molecule has 1 aromatic carbocycles. The molecule has 0 amide bonds. The number of halogens is 1. The van der Waals surface area contributed by atoms with Gasteiger partial charge in [0.2, 0.25) is 5.78 Å². The van der Waals surface area contributed by atoms with Crippen LogP contribution in [0.3, 0.4) is 0 Å². The number of hydrogen-bond donors (Lipinski definition) is 1. The van der Waals surface area contributed by atoms with Crippen molar-refractivity contribution in [1.29, 1.82) is 0 Å². The Hall–Kier alpha value is -1.52. The zero-order valence-corrected chi connectivity index (χ0v) is 10.1. The third kappa shape index (κ3) is 2.78. The summed E-state index contributed by atoms with van der Waals surface area (Å²) in [5.41, 5.74) is 0. The zero-order valence-electron chi connectivity index (χ0n) is 8.51. The Morgan fingerprint density at radius 1 is 1.00 bits per heavy atom. The molecule has 0 unspecified atom stereocenters. The van der Waals surface area contributed by atoms with Gasteiger partial charge < -0.3 is 5.11 Å². The normalized spacial score (nSPS) is 15.6. The molecule has 0 fully saturated rings. The van der Waals surface area contributed by atoms with Crippen molar-refractivity contribution in [3.8, 4) is 0 Å². The fourth-order valence-corrected chi connectivity index (χ4v) is 2.22. The SMILES string of the molecule is O=C1C=C(Sc2ccc(Cl)cc2)C(=O)C=C1O. The highest BCUT2D eigenvalue weighted by molar-refractivity contribution is 8.04. The first-order valence-corrected chi connectivity index (χ1v) is 5.90. The summed E-state index contributed by atoms with van der Waals surface area (Å²) in [5, 5.41) is 9.69. The molecule has 1 aliphatic rings. The fraction of sp³-hybridized carbons (Fsp3) is 0. The summed E-state index contributed by atoms with van der Waals surface area (Å²) in [5.74, 6) is -1.45. The maximum atomic E-state index is 11.5. The number of allylic oxidation sites excluding steroid dienone is 3. The van der Waals surface area contributed by atoms with E-state index in [0.29, 0.717) is 5.02 Å². The average Bonchev–Trinajstić information content (AvgIpc) is 2.29. The summed E-state index contributed by atoms with van der Waals surface area (Å²) < 4.78 is 0. The Morgan fingerprint density at radius 2 is 1.65 bits per heavy atom. The van der Waals surface area contributed by atoms with E-state index in [4.69, 9.17) is 16.7 Å². The standard InChI is InChI=1S/C12H7ClO3S/c13-7-1-3-8(4-2-7)17-12-6-10(15)9(14)5-11(12)16/h1-6,14H. The highest BCUT2D eigenvalue weighted by atomic mass is 35.5. The summed E-state index contributed by atoms with van der Waals surface area (Å²) in [7, 11) is 0. The van der Waals surface area contributed by atoms with Crippen LogP contribution in [0, 0.1) is 0 Å². The number of aliphatic hydroxyl groups is 1. The van der Waals surface area contributed by atoms with Gasteiger partial charge in [-0.1, -0.05) is 23.4 Å². The van der Waals surface area contributed by atoms with Crippen LogP contribution in [-0.4, -0.2) is 16.7 Å². The first-order chi connectivity index (χ1) is 8.06. The first kappa shape index (κ1) is 12.0. The maximum Gasteiger partial charge on any atom is 0.221 e. The lowest BCUT2D eigenvalue weighted by atomic mass is 10.1. The first-order valence-electron chi connectivity index (χ1n) is 4.71. The van der Waals surface area contributed by atoms with Crippen molar-refractivity contribution >= 4 is 34.9 Å². The summed E-state index contributed by atoms with van der Waals surface area (Å²) in [6.07, 6.45) is 2.07. The van der Waals surface area contributed by atoms with Crippen LogP contribution in [0.2, 0.25) is 5.02 Å². The number of thioether (sulfide) groups is 1. The lowest BCUT2D eigenvalue weighted by molar-refractivity contribution is -0.116. The monoisotopic (exact) mass is 266 g/mol. The molecule has 0 radical (unpaired) electrons. The predicted octanol–water partition coefficient (Wildman–Crippen LogP) is 2.91. The molecule has 1 aliphatic carbocycles. The van der Waals surface area contributed by atoms with Crippen molar-refractivity contribution in [2.24, 2.45) is 0 Å². The molecule has 3 nitrogen and oxygen atoms in total. The van der Waals surface area contributed by atoms with E-state index in [-0.39, 0.29) is 10.7 Å². The van der Waals surface area contributed by atoms with Crippen LogP contribution < -0.4 is 0 Å². The van der Waals surface area contributed by atoms with Gasteiger partial charge in [0, 0.05) is 22.1 Å². The molecular weight excluding hydrogens is 260 g/mol. The second-order valence-corrected chi connectivity index (χ2v) is 4.87. The molecule has 0 heterocycles. The lowest BCUT2D eigenvalue weighted by Gasteiger charge is -2.08. The van der Waals surface area contributed by atoms with Gasteiger partial charge in [-0.05, 0) is 24.3 Å². The van der Waals surface area contributed by atoms with Crippen LogP contribution in [0.25, 0.3) is 0 Å². The van der Waals surface area contributed by atoms with Crippen molar-refractivity contribution in [3.05, 3.63) is 52.1 Å². The molecule has 86 valence electrons. The van der Waals surface area contributed by atoms with Crippen LogP contribution in [0.1, 0.15) is 0 Å². The van der Waals surface area contributed by atoms with Gasteiger partial charge >= 0.3 is 0 Å². The second-order valence-electron chi connectivity index (χ2n) is 3.32. The molecule has 0 saturated carbocycles. The Bertz CT molecular complexity index is 543. The molecule has 2 rings (SSSR count). The molecule has 5 heteroatoms. The van der Waals surface area contributed by atoms with E-state index in [1.165, 1.54) is 0 Å². The van der Waals surface area contributed by atoms with Crippen molar-refractivity contribution in [2.45, 2.75) is 4.90 Å². The van der Waals surface area contributed by atoms with E-state index in [2.05, 4.69) is 0 Å². The Kier molecular flexibility index (Phi) is 3.36. The number of carbonyl (C=O) groups is 2. The third-order valence-electron chi connectivity index (χ3n) is 2.07. The molecule has 0 aliphatic heterocycles. The van der Waals surface area contributed by atoms with Gasteiger partial charge in [-0.15, -0.1) is 0 Å². The smallest absolute Gasteiger partial charge is 0.221 e. The van der Waals surface area contributed by atoms with Gasteiger partial charge in [-0.25, -0.2) is 0 Å². The summed E-state index contributed by atoms with van der Waals surface area (Å²) >= 11 is 6.90. The Balaban J connectivity index is 2.20. The van der Waals surface area contributed by atoms with Gasteiger partial charge in [0.1, 0.15) is 0 Å². The quantitative estimate of drug-likeness (QED) is 0.837. The molecule has 17 heavy (non-hydrogen) atoms. The minimum Gasteiger partial charge on any atom is -0.504 e. The average molecular weight is 267 g/mol. The highest BCUT2D eigenvalue weighted by Crippen LogP contribution is 2.30. The van der Waals surface area contributed by atoms with Crippen LogP contribution in [0.4, 0.5) is 0 Å². The third-order valence-corrected chi connectivity index (χ3v) is 3.37.